The summed E-state index contributed by atoms with van der Waals surface area (Å²) in [5.41, 5.74) is 4.08. The van der Waals surface area contributed by atoms with Gasteiger partial charge in [0.1, 0.15) is 5.01 Å². The summed E-state index contributed by atoms with van der Waals surface area (Å²) in [7, 11) is 0. The molecule has 0 fully saturated rings. The van der Waals surface area contributed by atoms with Crippen LogP contribution >= 0.6 is 34.5 Å². The molecule has 0 saturated carbocycles. The third-order valence-electron chi connectivity index (χ3n) is 3.57. The largest absolute Gasteiger partial charge is 0.264 e. The van der Waals surface area contributed by atoms with Crippen LogP contribution in [0.5, 0.6) is 0 Å². The third kappa shape index (κ3) is 3.42. The molecule has 2 heterocycles. The smallest absolute Gasteiger partial charge is 0.125 e. The quantitative estimate of drug-likeness (QED) is 0.521. The van der Waals surface area contributed by atoms with Gasteiger partial charge >= 0.3 is 0 Å². The van der Waals surface area contributed by atoms with Crippen molar-refractivity contribution < 1.29 is 0 Å². The molecule has 2 aromatic heterocycles. The highest BCUT2D eigenvalue weighted by molar-refractivity contribution is 7.13. The standard InChI is InChI=1S/C18H16Cl2N2S/c1-18(2,3)14-6-7-21-9-13(14)17-22-16(10-23-17)12-5-4-11(19)8-15(12)20/h4-10H,1-3H3. The van der Waals surface area contributed by atoms with E-state index in [-0.39, 0.29) is 5.41 Å². The molecule has 0 atom stereocenters. The zero-order chi connectivity index (χ0) is 16.6. The second kappa shape index (κ2) is 6.23. The lowest BCUT2D eigenvalue weighted by Gasteiger charge is -2.21. The number of thiazole rings is 1. The van der Waals surface area contributed by atoms with Crippen molar-refractivity contribution >= 4 is 34.5 Å². The minimum absolute atomic E-state index is 0.0298. The Hall–Kier alpha value is -1.42. The highest BCUT2D eigenvalue weighted by Crippen LogP contribution is 2.37. The summed E-state index contributed by atoms with van der Waals surface area (Å²) < 4.78 is 0. The van der Waals surface area contributed by atoms with Crippen LogP contribution in [0.2, 0.25) is 10.0 Å². The predicted octanol–water partition coefficient (Wildman–Crippen LogP) is 6.48. The summed E-state index contributed by atoms with van der Waals surface area (Å²) in [6.07, 6.45) is 3.71. The van der Waals surface area contributed by atoms with E-state index in [0.29, 0.717) is 10.0 Å². The summed E-state index contributed by atoms with van der Waals surface area (Å²) >= 11 is 13.9. The first-order valence-corrected chi connectivity index (χ1v) is 8.85. The molecule has 0 bridgehead atoms. The highest BCUT2D eigenvalue weighted by Gasteiger charge is 2.20. The van der Waals surface area contributed by atoms with Crippen molar-refractivity contribution in [1.29, 1.82) is 0 Å². The lowest BCUT2D eigenvalue weighted by Crippen LogP contribution is -2.12. The van der Waals surface area contributed by atoms with Gasteiger partial charge in [0.05, 0.1) is 10.7 Å². The zero-order valence-corrected chi connectivity index (χ0v) is 15.4. The van der Waals surface area contributed by atoms with Gasteiger partial charge in [-0.1, -0.05) is 44.0 Å². The minimum atomic E-state index is 0.0298. The Morgan fingerprint density at radius 3 is 2.52 bits per heavy atom. The second-order valence-corrected chi connectivity index (χ2v) is 8.04. The Balaban J connectivity index is 2.07. The summed E-state index contributed by atoms with van der Waals surface area (Å²) in [6.45, 7) is 6.57. The Labute approximate surface area is 150 Å². The summed E-state index contributed by atoms with van der Waals surface area (Å²) in [5.74, 6) is 0. The maximum atomic E-state index is 6.29. The van der Waals surface area contributed by atoms with Crippen LogP contribution < -0.4 is 0 Å². The number of aromatic nitrogens is 2. The Bertz CT molecular complexity index is 850. The fraction of sp³-hybridized carbons (Fsp3) is 0.222. The number of hydrogen-bond donors (Lipinski definition) is 0. The maximum Gasteiger partial charge on any atom is 0.125 e. The van der Waals surface area contributed by atoms with Crippen LogP contribution in [0.15, 0.2) is 42.0 Å². The van der Waals surface area contributed by atoms with E-state index >= 15 is 0 Å². The summed E-state index contributed by atoms with van der Waals surface area (Å²) in [5, 5.41) is 4.20. The fourth-order valence-electron chi connectivity index (χ4n) is 2.44. The van der Waals surface area contributed by atoms with E-state index in [1.54, 1.807) is 17.4 Å². The average molecular weight is 363 g/mol. The van der Waals surface area contributed by atoms with Crippen molar-refractivity contribution in [3.8, 4) is 21.8 Å². The molecule has 0 spiro atoms. The third-order valence-corrected chi connectivity index (χ3v) is 4.99. The fourth-order valence-corrected chi connectivity index (χ4v) is 3.79. The van der Waals surface area contributed by atoms with Crippen LogP contribution in [0.25, 0.3) is 21.8 Å². The molecule has 5 heteroatoms. The number of rotatable bonds is 2. The van der Waals surface area contributed by atoms with E-state index in [1.807, 2.05) is 29.9 Å². The maximum absolute atomic E-state index is 6.29. The molecule has 0 aliphatic carbocycles. The molecular formula is C18H16Cl2N2S. The van der Waals surface area contributed by atoms with Crippen molar-refractivity contribution in [2.24, 2.45) is 0 Å². The number of halogens is 2. The molecule has 2 nitrogen and oxygen atoms in total. The van der Waals surface area contributed by atoms with E-state index in [2.05, 4.69) is 31.8 Å². The Kier molecular flexibility index (Phi) is 4.45. The van der Waals surface area contributed by atoms with E-state index < -0.39 is 0 Å². The molecule has 0 aliphatic rings. The van der Waals surface area contributed by atoms with Crippen LogP contribution in [0.4, 0.5) is 0 Å². The molecule has 0 saturated heterocycles. The molecule has 118 valence electrons. The summed E-state index contributed by atoms with van der Waals surface area (Å²) in [6, 6.07) is 7.53. The Morgan fingerprint density at radius 1 is 1.04 bits per heavy atom. The predicted molar refractivity (Wildman–Crippen MR) is 99.5 cm³/mol. The van der Waals surface area contributed by atoms with Gasteiger partial charge in [-0.3, -0.25) is 4.98 Å². The SMILES string of the molecule is CC(C)(C)c1ccncc1-c1nc(-c2ccc(Cl)cc2Cl)cs1. The molecule has 3 aromatic rings. The number of hydrogen-bond acceptors (Lipinski definition) is 3. The molecule has 0 unspecified atom stereocenters. The number of pyridine rings is 1. The first kappa shape index (κ1) is 16.4. The van der Waals surface area contributed by atoms with Crippen LogP contribution in [-0.2, 0) is 5.41 Å². The highest BCUT2D eigenvalue weighted by atomic mass is 35.5. The molecule has 0 radical (unpaired) electrons. The summed E-state index contributed by atoms with van der Waals surface area (Å²) in [4.78, 5) is 9.04. The number of nitrogens with zero attached hydrogens (tertiary/aromatic N) is 2. The molecule has 1 aromatic carbocycles. The van der Waals surface area contributed by atoms with Gasteiger partial charge in [0.2, 0.25) is 0 Å². The molecular weight excluding hydrogens is 347 g/mol. The zero-order valence-electron chi connectivity index (χ0n) is 13.1. The van der Waals surface area contributed by atoms with Gasteiger partial charge in [0.15, 0.2) is 0 Å². The van der Waals surface area contributed by atoms with Crippen LogP contribution in [0, 0.1) is 0 Å². The van der Waals surface area contributed by atoms with Gasteiger partial charge < -0.3 is 0 Å². The van der Waals surface area contributed by atoms with Crippen molar-refractivity contribution in [2.75, 3.05) is 0 Å². The van der Waals surface area contributed by atoms with Crippen molar-refractivity contribution in [2.45, 2.75) is 26.2 Å². The van der Waals surface area contributed by atoms with Crippen molar-refractivity contribution in [1.82, 2.24) is 9.97 Å². The molecule has 0 amide bonds. The van der Waals surface area contributed by atoms with Crippen molar-refractivity contribution in [3.63, 3.8) is 0 Å². The second-order valence-electron chi connectivity index (χ2n) is 6.33. The molecule has 0 N–H and O–H groups in total. The van der Waals surface area contributed by atoms with Crippen LogP contribution in [0.3, 0.4) is 0 Å². The average Bonchev–Trinajstić information content (AvgIpc) is 2.96. The van der Waals surface area contributed by atoms with Crippen molar-refractivity contribution in [3.05, 3.63) is 57.6 Å². The first-order valence-electron chi connectivity index (χ1n) is 7.22. The van der Waals surface area contributed by atoms with E-state index in [0.717, 1.165) is 21.8 Å². The van der Waals surface area contributed by atoms with Crippen LogP contribution in [0.1, 0.15) is 26.3 Å². The van der Waals surface area contributed by atoms with Crippen LogP contribution in [-0.4, -0.2) is 9.97 Å². The molecule has 3 rings (SSSR count). The first-order chi connectivity index (χ1) is 10.9. The van der Waals surface area contributed by atoms with E-state index in [1.165, 1.54) is 5.56 Å². The molecule has 0 aliphatic heterocycles. The van der Waals surface area contributed by atoms with E-state index in [4.69, 9.17) is 28.2 Å². The minimum Gasteiger partial charge on any atom is -0.264 e. The topological polar surface area (TPSA) is 25.8 Å². The van der Waals surface area contributed by atoms with Gasteiger partial charge in [-0.15, -0.1) is 11.3 Å². The van der Waals surface area contributed by atoms with E-state index in [9.17, 15) is 0 Å². The van der Waals surface area contributed by atoms with Gasteiger partial charge in [0.25, 0.3) is 0 Å². The lowest BCUT2D eigenvalue weighted by atomic mass is 9.85. The normalized spacial score (nSPS) is 11.7. The van der Waals surface area contributed by atoms with Gasteiger partial charge in [-0.25, -0.2) is 4.98 Å². The van der Waals surface area contributed by atoms with Gasteiger partial charge in [0, 0.05) is 33.9 Å². The molecule has 23 heavy (non-hydrogen) atoms. The Morgan fingerprint density at radius 2 is 1.83 bits per heavy atom. The monoisotopic (exact) mass is 362 g/mol. The van der Waals surface area contributed by atoms with Gasteiger partial charge in [-0.2, -0.15) is 0 Å². The lowest BCUT2D eigenvalue weighted by molar-refractivity contribution is 0.591. The number of benzene rings is 1. The van der Waals surface area contributed by atoms with Gasteiger partial charge in [-0.05, 0) is 35.2 Å².